The number of nitrogen functional groups attached to an aromatic ring is 1. The number of para-hydroxylation sites is 1. The van der Waals surface area contributed by atoms with Crippen molar-refractivity contribution in [1.29, 1.82) is 0 Å². The van der Waals surface area contributed by atoms with E-state index in [9.17, 15) is 0 Å². The first-order valence-corrected chi connectivity index (χ1v) is 7.12. The van der Waals surface area contributed by atoms with Gasteiger partial charge in [-0.3, -0.25) is 4.98 Å². The van der Waals surface area contributed by atoms with Crippen LogP contribution in [0.4, 0.5) is 11.4 Å². The van der Waals surface area contributed by atoms with E-state index in [-0.39, 0.29) is 6.04 Å². The van der Waals surface area contributed by atoms with Crippen LogP contribution in [0.15, 0.2) is 54.6 Å². The number of nitrogens with zero attached hydrogens (tertiary/aromatic N) is 1. The molecule has 1 unspecified atom stereocenters. The van der Waals surface area contributed by atoms with E-state index in [0.717, 1.165) is 28.0 Å². The summed E-state index contributed by atoms with van der Waals surface area (Å²) in [5.41, 5.74) is 11.0. The number of benzene rings is 2. The van der Waals surface area contributed by atoms with Crippen LogP contribution in [0.3, 0.4) is 0 Å². The minimum Gasteiger partial charge on any atom is -0.399 e. The lowest BCUT2D eigenvalue weighted by Crippen LogP contribution is -2.08. The lowest BCUT2D eigenvalue weighted by atomic mass is 10.1. The maximum atomic E-state index is 5.87. The van der Waals surface area contributed by atoms with Crippen LogP contribution in [0.2, 0.25) is 0 Å². The van der Waals surface area contributed by atoms with Crippen LogP contribution < -0.4 is 11.1 Å². The highest BCUT2D eigenvalue weighted by Gasteiger charge is 2.09. The van der Waals surface area contributed by atoms with Gasteiger partial charge >= 0.3 is 0 Å². The van der Waals surface area contributed by atoms with Crippen molar-refractivity contribution in [3.8, 4) is 0 Å². The number of anilines is 2. The molecule has 0 bridgehead atoms. The highest BCUT2D eigenvalue weighted by atomic mass is 14.9. The fourth-order valence-corrected chi connectivity index (χ4v) is 2.57. The molecule has 2 aromatic carbocycles. The Labute approximate surface area is 124 Å². The van der Waals surface area contributed by atoms with E-state index in [4.69, 9.17) is 5.73 Å². The molecule has 1 atom stereocenters. The molecule has 3 rings (SSSR count). The number of hydrogen-bond acceptors (Lipinski definition) is 3. The maximum Gasteiger partial charge on any atom is 0.0725 e. The molecule has 21 heavy (non-hydrogen) atoms. The third-order valence-corrected chi connectivity index (χ3v) is 3.63. The van der Waals surface area contributed by atoms with Crippen LogP contribution in [-0.2, 0) is 0 Å². The average Bonchev–Trinajstić information content (AvgIpc) is 2.47. The lowest BCUT2D eigenvalue weighted by Gasteiger charge is -2.18. The fraction of sp³-hybridized carbons (Fsp3) is 0.167. The molecule has 0 amide bonds. The Morgan fingerprint density at radius 1 is 1.05 bits per heavy atom. The number of aromatic nitrogens is 1. The monoisotopic (exact) mass is 277 g/mol. The first-order chi connectivity index (χ1) is 10.1. The van der Waals surface area contributed by atoms with Gasteiger partial charge in [-0.1, -0.05) is 30.3 Å². The molecule has 106 valence electrons. The van der Waals surface area contributed by atoms with E-state index < -0.39 is 0 Å². The summed E-state index contributed by atoms with van der Waals surface area (Å²) < 4.78 is 0. The van der Waals surface area contributed by atoms with Crippen LogP contribution in [-0.4, -0.2) is 4.98 Å². The minimum atomic E-state index is 0.179. The van der Waals surface area contributed by atoms with Gasteiger partial charge in [0.25, 0.3) is 0 Å². The molecule has 1 heterocycles. The summed E-state index contributed by atoms with van der Waals surface area (Å²) in [6.07, 6.45) is 0. The molecule has 0 saturated heterocycles. The second-order valence-electron chi connectivity index (χ2n) is 5.36. The van der Waals surface area contributed by atoms with Crippen molar-refractivity contribution in [1.82, 2.24) is 4.98 Å². The summed E-state index contributed by atoms with van der Waals surface area (Å²) in [4.78, 5) is 4.57. The first kappa shape index (κ1) is 13.4. The highest BCUT2D eigenvalue weighted by Crippen LogP contribution is 2.27. The largest absolute Gasteiger partial charge is 0.399 e. The minimum absolute atomic E-state index is 0.179. The fourth-order valence-electron chi connectivity index (χ4n) is 2.57. The second-order valence-corrected chi connectivity index (χ2v) is 5.36. The number of aryl methyl sites for hydroxylation is 1. The number of nitrogens with one attached hydrogen (secondary N) is 1. The molecule has 0 fully saturated rings. The van der Waals surface area contributed by atoms with Gasteiger partial charge in [0.2, 0.25) is 0 Å². The molecule has 3 aromatic rings. The summed E-state index contributed by atoms with van der Waals surface area (Å²) in [5.74, 6) is 0. The Bertz CT molecular complexity index is 780. The van der Waals surface area contributed by atoms with Gasteiger partial charge in [0.15, 0.2) is 0 Å². The zero-order chi connectivity index (χ0) is 14.8. The zero-order valence-electron chi connectivity index (χ0n) is 12.3. The molecule has 0 spiro atoms. The van der Waals surface area contributed by atoms with Gasteiger partial charge in [-0.25, -0.2) is 0 Å². The normalized spacial score (nSPS) is 12.3. The molecular weight excluding hydrogens is 258 g/mol. The Morgan fingerprint density at radius 2 is 1.86 bits per heavy atom. The van der Waals surface area contributed by atoms with Crippen LogP contribution in [0.1, 0.15) is 24.2 Å². The van der Waals surface area contributed by atoms with Crippen molar-refractivity contribution >= 4 is 22.3 Å². The number of fused-ring (bicyclic) bond motifs is 1. The maximum absolute atomic E-state index is 5.87. The molecule has 0 aliphatic rings. The van der Waals surface area contributed by atoms with Crippen molar-refractivity contribution in [2.45, 2.75) is 19.9 Å². The Kier molecular flexibility index (Phi) is 3.48. The van der Waals surface area contributed by atoms with Crippen molar-refractivity contribution in [2.75, 3.05) is 11.1 Å². The standard InChI is InChI=1S/C18H19N3/c1-12-10-18(16-8-3-4-9-17(16)20-12)21-13(2)14-6-5-7-15(19)11-14/h3-11,13H,19H2,1-2H3,(H,20,21). The molecule has 3 nitrogen and oxygen atoms in total. The van der Waals surface area contributed by atoms with Crippen LogP contribution in [0, 0.1) is 6.92 Å². The molecule has 0 aliphatic carbocycles. The van der Waals surface area contributed by atoms with Crippen molar-refractivity contribution in [3.05, 3.63) is 65.9 Å². The molecule has 0 saturated carbocycles. The molecule has 3 heteroatoms. The molecule has 0 aliphatic heterocycles. The number of hydrogen-bond donors (Lipinski definition) is 2. The number of pyridine rings is 1. The van der Waals surface area contributed by atoms with Crippen LogP contribution >= 0.6 is 0 Å². The van der Waals surface area contributed by atoms with Gasteiger partial charge < -0.3 is 11.1 Å². The van der Waals surface area contributed by atoms with E-state index in [1.807, 2.05) is 43.3 Å². The van der Waals surface area contributed by atoms with Crippen LogP contribution in [0.25, 0.3) is 10.9 Å². The third-order valence-electron chi connectivity index (χ3n) is 3.63. The van der Waals surface area contributed by atoms with E-state index in [2.05, 4.69) is 35.4 Å². The average molecular weight is 277 g/mol. The van der Waals surface area contributed by atoms with Gasteiger partial charge in [0.1, 0.15) is 0 Å². The van der Waals surface area contributed by atoms with E-state index in [1.54, 1.807) is 0 Å². The highest BCUT2D eigenvalue weighted by molar-refractivity contribution is 5.91. The summed E-state index contributed by atoms with van der Waals surface area (Å²) in [7, 11) is 0. The van der Waals surface area contributed by atoms with E-state index in [0.29, 0.717) is 0 Å². The van der Waals surface area contributed by atoms with Gasteiger partial charge in [-0.15, -0.1) is 0 Å². The van der Waals surface area contributed by atoms with Crippen LogP contribution in [0.5, 0.6) is 0 Å². The molecular formula is C18H19N3. The lowest BCUT2D eigenvalue weighted by molar-refractivity contribution is 0.886. The summed E-state index contributed by atoms with van der Waals surface area (Å²) in [6.45, 7) is 4.15. The summed E-state index contributed by atoms with van der Waals surface area (Å²) in [5, 5.41) is 4.71. The quantitative estimate of drug-likeness (QED) is 0.702. The first-order valence-electron chi connectivity index (χ1n) is 7.12. The van der Waals surface area contributed by atoms with Gasteiger partial charge in [-0.2, -0.15) is 0 Å². The topological polar surface area (TPSA) is 50.9 Å². The van der Waals surface area contributed by atoms with E-state index in [1.165, 1.54) is 5.56 Å². The molecule has 1 aromatic heterocycles. The SMILES string of the molecule is Cc1cc(NC(C)c2cccc(N)c2)c2ccccc2n1. The van der Waals surface area contributed by atoms with Crippen molar-refractivity contribution < 1.29 is 0 Å². The van der Waals surface area contributed by atoms with Gasteiger partial charge in [0.05, 0.1) is 5.52 Å². The van der Waals surface area contributed by atoms with Gasteiger partial charge in [0, 0.05) is 28.5 Å². The third kappa shape index (κ3) is 2.82. The summed E-state index contributed by atoms with van der Waals surface area (Å²) in [6, 6.07) is 18.4. The predicted molar refractivity (Wildman–Crippen MR) is 89.4 cm³/mol. The Morgan fingerprint density at radius 3 is 2.67 bits per heavy atom. The number of nitrogens with two attached hydrogens (primary N) is 1. The smallest absolute Gasteiger partial charge is 0.0725 e. The Balaban J connectivity index is 1.98. The summed E-state index contributed by atoms with van der Waals surface area (Å²) >= 11 is 0. The van der Waals surface area contributed by atoms with E-state index >= 15 is 0 Å². The van der Waals surface area contributed by atoms with Crippen molar-refractivity contribution in [2.24, 2.45) is 0 Å². The Hall–Kier alpha value is -2.55. The van der Waals surface area contributed by atoms with Gasteiger partial charge in [-0.05, 0) is 43.7 Å². The zero-order valence-corrected chi connectivity index (χ0v) is 12.3. The molecule has 3 N–H and O–H groups in total. The number of rotatable bonds is 3. The van der Waals surface area contributed by atoms with Crippen molar-refractivity contribution in [3.63, 3.8) is 0 Å². The predicted octanol–water partition coefficient (Wildman–Crippen LogP) is 4.30. The molecule has 0 radical (unpaired) electrons. The second kappa shape index (κ2) is 5.44.